The summed E-state index contributed by atoms with van der Waals surface area (Å²) in [5.74, 6) is -1.25. The van der Waals surface area contributed by atoms with Crippen molar-refractivity contribution >= 4 is 90.9 Å². The van der Waals surface area contributed by atoms with Gasteiger partial charge in [-0.25, -0.2) is 13.2 Å². The lowest BCUT2D eigenvalue weighted by atomic mass is 9.86. The summed E-state index contributed by atoms with van der Waals surface area (Å²) in [4.78, 5) is 40.0. The third kappa shape index (κ3) is 10.6. The number of amides is 1. The van der Waals surface area contributed by atoms with Crippen LogP contribution in [0.1, 0.15) is 89.1 Å². The SMILES string of the molecule is CCN(C1CCC(C(=O)OI)CC1)S(=O)(=O)c1cccc(C(O)Nc2ccc(N3CCCC3)cc2C(=O)Nc2ccc(CCc3ccc(C(=O)OI)cc3)cc2)c1. The number of carbonyl (C=O) groups is 3. The number of hydrogen-bond acceptors (Lipinski definition) is 10. The number of benzene rings is 4. The van der Waals surface area contributed by atoms with Crippen molar-refractivity contribution in [2.45, 2.75) is 75.5 Å². The maximum absolute atomic E-state index is 14.0. The minimum absolute atomic E-state index is 0.0542. The van der Waals surface area contributed by atoms with Crippen LogP contribution in [0.4, 0.5) is 17.1 Å². The lowest BCUT2D eigenvalue weighted by Gasteiger charge is -2.34. The van der Waals surface area contributed by atoms with Gasteiger partial charge >= 0.3 is 11.9 Å². The van der Waals surface area contributed by atoms with Gasteiger partial charge in [0.1, 0.15) is 0 Å². The van der Waals surface area contributed by atoms with Gasteiger partial charge in [-0.05, 0) is 117 Å². The minimum atomic E-state index is -3.93. The molecule has 1 aliphatic carbocycles. The second kappa shape index (κ2) is 19.8. The number of nitrogens with zero attached hydrogens (tertiary/aromatic N) is 2. The summed E-state index contributed by atoms with van der Waals surface area (Å²) in [5.41, 5.74) is 5.24. The Bertz CT molecular complexity index is 2140. The topological polar surface area (TPSA) is 155 Å². The molecule has 302 valence electrons. The van der Waals surface area contributed by atoms with Gasteiger partial charge in [-0.2, -0.15) is 4.31 Å². The van der Waals surface area contributed by atoms with Gasteiger partial charge in [0.2, 0.25) is 10.0 Å². The van der Waals surface area contributed by atoms with E-state index < -0.39 is 16.3 Å². The van der Waals surface area contributed by atoms with Crippen LogP contribution in [0.3, 0.4) is 0 Å². The molecule has 57 heavy (non-hydrogen) atoms. The molecule has 0 spiro atoms. The van der Waals surface area contributed by atoms with Crippen molar-refractivity contribution in [3.63, 3.8) is 0 Å². The van der Waals surface area contributed by atoms with Crippen LogP contribution in [0.5, 0.6) is 0 Å². The number of aliphatic hydroxyl groups is 1. The molecule has 1 saturated carbocycles. The van der Waals surface area contributed by atoms with Crippen LogP contribution in [0.2, 0.25) is 0 Å². The Morgan fingerprint density at radius 1 is 0.860 bits per heavy atom. The molecular formula is C42H46I2N4O8S. The van der Waals surface area contributed by atoms with Crippen LogP contribution >= 0.6 is 46.0 Å². The summed E-state index contributed by atoms with van der Waals surface area (Å²) in [6, 6.07) is 26.5. The number of halogens is 2. The smallest absolute Gasteiger partial charge is 0.347 e. The van der Waals surface area contributed by atoms with Crippen LogP contribution in [-0.4, -0.2) is 61.4 Å². The van der Waals surface area contributed by atoms with Crippen molar-refractivity contribution in [1.82, 2.24) is 4.31 Å². The Hall–Kier alpha value is -3.78. The van der Waals surface area contributed by atoms with Gasteiger partial charge in [0, 0.05) is 48.3 Å². The van der Waals surface area contributed by atoms with Crippen molar-refractivity contribution in [3.8, 4) is 0 Å². The molecule has 0 radical (unpaired) electrons. The Kier molecular flexibility index (Phi) is 14.9. The van der Waals surface area contributed by atoms with Crippen LogP contribution in [0.25, 0.3) is 0 Å². The monoisotopic (exact) mass is 1020 g/mol. The molecule has 0 bridgehead atoms. The maximum atomic E-state index is 14.0. The summed E-state index contributed by atoms with van der Waals surface area (Å²) in [6.45, 7) is 3.83. The second-order valence-corrected chi connectivity index (χ2v) is 17.1. The van der Waals surface area contributed by atoms with Crippen LogP contribution in [0.15, 0.2) is 95.9 Å². The lowest BCUT2D eigenvalue weighted by molar-refractivity contribution is -0.137. The quantitative estimate of drug-likeness (QED) is 0.0782. The van der Waals surface area contributed by atoms with Crippen molar-refractivity contribution in [2.75, 3.05) is 35.2 Å². The number of nitrogens with one attached hydrogen (secondary N) is 2. The molecule has 12 nitrogen and oxygen atoms in total. The van der Waals surface area contributed by atoms with Crippen molar-refractivity contribution in [2.24, 2.45) is 5.92 Å². The molecule has 2 aliphatic rings. The van der Waals surface area contributed by atoms with Gasteiger partial charge in [0.25, 0.3) is 5.91 Å². The zero-order valence-corrected chi connectivity index (χ0v) is 36.7. The molecule has 0 aromatic heterocycles. The molecule has 4 aromatic rings. The first-order chi connectivity index (χ1) is 27.5. The molecule has 1 saturated heterocycles. The summed E-state index contributed by atoms with van der Waals surface area (Å²) in [5, 5.41) is 17.6. The van der Waals surface area contributed by atoms with Crippen LogP contribution in [-0.2, 0) is 33.8 Å². The lowest BCUT2D eigenvalue weighted by Crippen LogP contribution is -2.42. The molecule has 6 rings (SSSR count). The molecule has 1 amide bonds. The largest absolute Gasteiger partial charge is 0.394 e. The number of sulfonamides is 1. The second-order valence-electron chi connectivity index (χ2n) is 14.4. The van der Waals surface area contributed by atoms with Gasteiger partial charge in [-0.3, -0.25) is 9.59 Å². The van der Waals surface area contributed by atoms with E-state index in [0.717, 1.165) is 55.6 Å². The summed E-state index contributed by atoms with van der Waals surface area (Å²) < 4.78 is 39.0. The van der Waals surface area contributed by atoms with E-state index in [0.29, 0.717) is 53.7 Å². The normalized spacial score (nSPS) is 17.5. The van der Waals surface area contributed by atoms with Gasteiger partial charge in [0.05, 0.1) is 21.9 Å². The van der Waals surface area contributed by atoms with Crippen molar-refractivity contribution < 1.29 is 34.0 Å². The Morgan fingerprint density at radius 2 is 1.51 bits per heavy atom. The minimum Gasteiger partial charge on any atom is -0.394 e. The van der Waals surface area contributed by atoms with E-state index in [9.17, 15) is 27.9 Å². The first-order valence-electron chi connectivity index (χ1n) is 19.1. The third-order valence-corrected chi connectivity index (χ3v) is 13.6. The number of carbonyl (C=O) groups excluding carboxylic acids is 3. The molecule has 3 N–H and O–H groups in total. The molecule has 15 heteroatoms. The average molecular weight is 1020 g/mol. The Balaban J connectivity index is 1.15. The first-order valence-corrected chi connectivity index (χ1v) is 22.3. The van der Waals surface area contributed by atoms with Crippen LogP contribution in [0, 0.1) is 5.92 Å². The molecule has 2 fully saturated rings. The molecule has 1 aliphatic heterocycles. The highest BCUT2D eigenvalue weighted by Gasteiger charge is 2.36. The number of hydrogen-bond donors (Lipinski definition) is 3. The molecule has 4 aromatic carbocycles. The van der Waals surface area contributed by atoms with Crippen molar-refractivity contribution in [1.29, 1.82) is 0 Å². The predicted molar refractivity (Wildman–Crippen MR) is 236 cm³/mol. The molecule has 1 heterocycles. The maximum Gasteiger partial charge on any atom is 0.347 e. The molecule has 1 unspecified atom stereocenters. The number of rotatable bonds is 15. The van der Waals surface area contributed by atoms with E-state index in [-0.39, 0.29) is 41.2 Å². The van der Waals surface area contributed by atoms with E-state index in [1.807, 2.05) is 48.5 Å². The highest BCUT2D eigenvalue weighted by Crippen LogP contribution is 2.34. The standard InChI is InChI=1S/C42H46I2N4O8S/c1-2-48(34-20-16-31(17-21-34)42(52)56-44)57(53,54)36-7-5-6-32(26-36)39(49)46-38-23-22-35(47-24-3-4-25-47)27-37(38)40(50)45-33-18-12-29(13-19-33)9-8-28-10-14-30(15-11-28)41(51)55-43/h5-7,10-15,18-19,22-23,26-27,31,34,39,46,49H,2-4,8-9,16-17,20-21,24-25H2,1H3,(H,45,50). The summed E-state index contributed by atoms with van der Waals surface area (Å²) >= 11 is 3.17. The van der Waals surface area contributed by atoms with Gasteiger partial charge in [-0.15, -0.1) is 0 Å². The number of anilines is 3. The number of aryl methyl sites for hydroxylation is 2. The van der Waals surface area contributed by atoms with Crippen molar-refractivity contribution in [3.05, 3.63) is 119 Å². The van der Waals surface area contributed by atoms with E-state index in [1.54, 1.807) is 83.3 Å². The van der Waals surface area contributed by atoms with Gasteiger partial charge in [0.15, 0.2) is 52.2 Å². The third-order valence-electron chi connectivity index (χ3n) is 10.8. The molecular weight excluding hydrogens is 974 g/mol. The average Bonchev–Trinajstić information content (AvgIpc) is 3.79. The van der Waals surface area contributed by atoms with E-state index in [2.05, 4.69) is 15.5 Å². The van der Waals surface area contributed by atoms with Gasteiger partial charge < -0.3 is 26.8 Å². The van der Waals surface area contributed by atoms with E-state index in [4.69, 9.17) is 6.13 Å². The summed E-state index contributed by atoms with van der Waals surface area (Å²) in [7, 11) is -3.93. The van der Waals surface area contributed by atoms with E-state index in [1.165, 1.54) is 16.4 Å². The Labute approximate surface area is 362 Å². The van der Waals surface area contributed by atoms with Crippen LogP contribution < -0.4 is 15.5 Å². The predicted octanol–water partition coefficient (Wildman–Crippen LogP) is 8.40. The number of aliphatic hydroxyl groups excluding tert-OH is 1. The fraction of sp³-hybridized carbons (Fsp3) is 0.357. The Morgan fingerprint density at radius 3 is 2.12 bits per heavy atom. The summed E-state index contributed by atoms with van der Waals surface area (Å²) in [6.07, 6.45) is 4.54. The van der Waals surface area contributed by atoms with E-state index >= 15 is 0 Å². The highest BCUT2D eigenvalue weighted by molar-refractivity contribution is 14.1. The first kappa shape index (κ1) is 42.8. The van der Waals surface area contributed by atoms with Gasteiger partial charge in [-0.1, -0.05) is 43.3 Å². The zero-order chi connectivity index (χ0) is 40.5. The fourth-order valence-electron chi connectivity index (χ4n) is 7.61. The fourth-order valence-corrected chi connectivity index (χ4v) is 9.97. The highest BCUT2D eigenvalue weighted by atomic mass is 127. The molecule has 1 atom stereocenters. The zero-order valence-electron chi connectivity index (χ0n) is 31.5.